The predicted molar refractivity (Wildman–Crippen MR) is 71.6 cm³/mol. The van der Waals surface area contributed by atoms with Crippen LogP contribution in [-0.2, 0) is 4.79 Å². The minimum atomic E-state index is -3.10. The SMILES string of the molecule is NCC1(C(=O)Nc2ccc(OC(F)F)c(F)c2)CCCC1. The van der Waals surface area contributed by atoms with E-state index in [1.807, 2.05) is 0 Å². The molecular formula is C14H17F3N2O2. The van der Waals surface area contributed by atoms with E-state index in [2.05, 4.69) is 10.1 Å². The highest BCUT2D eigenvalue weighted by atomic mass is 19.3. The lowest BCUT2D eigenvalue weighted by atomic mass is 9.85. The van der Waals surface area contributed by atoms with E-state index in [4.69, 9.17) is 5.73 Å². The van der Waals surface area contributed by atoms with Crippen molar-refractivity contribution in [2.24, 2.45) is 11.1 Å². The summed E-state index contributed by atoms with van der Waals surface area (Å²) in [4.78, 5) is 12.3. The molecule has 0 aliphatic heterocycles. The van der Waals surface area contributed by atoms with Crippen LogP contribution in [0.2, 0.25) is 0 Å². The molecule has 1 amide bonds. The highest BCUT2D eigenvalue weighted by Crippen LogP contribution is 2.38. The summed E-state index contributed by atoms with van der Waals surface area (Å²) in [6, 6.07) is 3.33. The van der Waals surface area contributed by atoms with Gasteiger partial charge in [0, 0.05) is 18.3 Å². The van der Waals surface area contributed by atoms with Crippen LogP contribution >= 0.6 is 0 Å². The number of hydrogen-bond acceptors (Lipinski definition) is 3. The van der Waals surface area contributed by atoms with Crippen LogP contribution in [0, 0.1) is 11.2 Å². The quantitative estimate of drug-likeness (QED) is 0.879. The van der Waals surface area contributed by atoms with Gasteiger partial charge in [0.2, 0.25) is 5.91 Å². The highest BCUT2D eigenvalue weighted by Gasteiger charge is 2.39. The van der Waals surface area contributed by atoms with Crippen molar-refractivity contribution in [2.75, 3.05) is 11.9 Å². The molecule has 2 rings (SSSR count). The summed E-state index contributed by atoms with van der Waals surface area (Å²) in [6.07, 6.45) is 3.26. The normalized spacial score (nSPS) is 17.0. The van der Waals surface area contributed by atoms with Gasteiger partial charge in [-0.2, -0.15) is 8.78 Å². The molecule has 0 spiro atoms. The monoisotopic (exact) mass is 302 g/mol. The van der Waals surface area contributed by atoms with Crippen LogP contribution in [0.15, 0.2) is 18.2 Å². The first-order valence-corrected chi connectivity index (χ1v) is 6.73. The van der Waals surface area contributed by atoms with Crippen LogP contribution < -0.4 is 15.8 Å². The number of benzene rings is 1. The number of alkyl halides is 2. The second-order valence-corrected chi connectivity index (χ2v) is 5.17. The Morgan fingerprint density at radius 3 is 2.57 bits per heavy atom. The lowest BCUT2D eigenvalue weighted by Crippen LogP contribution is -2.40. The average molecular weight is 302 g/mol. The maximum absolute atomic E-state index is 13.6. The standard InChI is InChI=1S/C14H17F3N2O2/c15-10-7-9(3-4-11(10)21-13(16)17)19-12(20)14(8-18)5-1-2-6-14/h3-4,7,13H,1-2,5-6,8,18H2,(H,19,20). The van der Waals surface area contributed by atoms with Crippen molar-refractivity contribution in [2.45, 2.75) is 32.3 Å². The predicted octanol–water partition coefficient (Wildman–Crippen LogP) is 2.88. The topological polar surface area (TPSA) is 64.4 Å². The van der Waals surface area contributed by atoms with E-state index >= 15 is 0 Å². The van der Waals surface area contributed by atoms with Crippen molar-refractivity contribution in [3.8, 4) is 5.75 Å². The fraction of sp³-hybridized carbons (Fsp3) is 0.500. The molecular weight excluding hydrogens is 285 g/mol. The van der Waals surface area contributed by atoms with E-state index in [-0.39, 0.29) is 18.1 Å². The van der Waals surface area contributed by atoms with E-state index in [1.165, 1.54) is 6.07 Å². The smallest absolute Gasteiger partial charge is 0.387 e. The molecule has 1 aliphatic carbocycles. The van der Waals surface area contributed by atoms with Gasteiger partial charge in [0.15, 0.2) is 11.6 Å². The number of ether oxygens (including phenoxy) is 1. The van der Waals surface area contributed by atoms with Crippen molar-refractivity contribution in [3.05, 3.63) is 24.0 Å². The van der Waals surface area contributed by atoms with Gasteiger partial charge in [-0.15, -0.1) is 0 Å². The molecule has 0 saturated heterocycles. The van der Waals surface area contributed by atoms with Crippen LogP contribution in [0.3, 0.4) is 0 Å². The van der Waals surface area contributed by atoms with Gasteiger partial charge < -0.3 is 15.8 Å². The number of carbonyl (C=O) groups excluding carboxylic acids is 1. The van der Waals surface area contributed by atoms with E-state index in [0.717, 1.165) is 25.0 Å². The number of carbonyl (C=O) groups is 1. The molecule has 0 unspecified atom stereocenters. The molecule has 1 aromatic carbocycles. The van der Waals surface area contributed by atoms with Gasteiger partial charge >= 0.3 is 6.61 Å². The zero-order valence-corrected chi connectivity index (χ0v) is 11.4. The Morgan fingerprint density at radius 2 is 2.05 bits per heavy atom. The van der Waals surface area contributed by atoms with E-state index in [1.54, 1.807) is 0 Å². The Balaban J connectivity index is 2.09. The fourth-order valence-corrected chi connectivity index (χ4v) is 2.61. The first-order valence-electron chi connectivity index (χ1n) is 6.73. The van der Waals surface area contributed by atoms with Crippen molar-refractivity contribution >= 4 is 11.6 Å². The number of rotatable bonds is 5. The summed E-state index contributed by atoms with van der Waals surface area (Å²) >= 11 is 0. The molecule has 4 nitrogen and oxygen atoms in total. The summed E-state index contributed by atoms with van der Waals surface area (Å²) in [5.41, 5.74) is 5.27. The number of halogens is 3. The number of anilines is 1. The largest absolute Gasteiger partial charge is 0.432 e. The van der Waals surface area contributed by atoms with Gasteiger partial charge in [-0.3, -0.25) is 4.79 Å². The lowest BCUT2D eigenvalue weighted by molar-refractivity contribution is -0.124. The zero-order chi connectivity index (χ0) is 15.5. The second kappa shape index (κ2) is 6.34. The van der Waals surface area contributed by atoms with Crippen LogP contribution in [-0.4, -0.2) is 19.1 Å². The third-order valence-electron chi connectivity index (χ3n) is 3.84. The lowest BCUT2D eigenvalue weighted by Gasteiger charge is -2.25. The molecule has 116 valence electrons. The summed E-state index contributed by atoms with van der Waals surface area (Å²) < 4.78 is 41.7. The number of nitrogens with one attached hydrogen (secondary N) is 1. The minimum absolute atomic E-state index is 0.193. The van der Waals surface area contributed by atoms with Gasteiger partial charge in [0.05, 0.1) is 5.41 Å². The van der Waals surface area contributed by atoms with Gasteiger partial charge in [0.1, 0.15) is 0 Å². The Hall–Kier alpha value is -1.76. The number of amides is 1. The van der Waals surface area contributed by atoms with E-state index < -0.39 is 23.6 Å². The van der Waals surface area contributed by atoms with Crippen LogP contribution in [0.1, 0.15) is 25.7 Å². The fourth-order valence-electron chi connectivity index (χ4n) is 2.61. The van der Waals surface area contributed by atoms with Gasteiger partial charge in [-0.05, 0) is 25.0 Å². The first kappa shape index (κ1) is 15.6. The number of nitrogens with two attached hydrogens (primary N) is 1. The number of hydrogen-bond donors (Lipinski definition) is 2. The molecule has 7 heteroatoms. The molecule has 1 aromatic rings. The van der Waals surface area contributed by atoms with Crippen LogP contribution in [0.5, 0.6) is 5.75 Å². The third-order valence-corrected chi connectivity index (χ3v) is 3.84. The van der Waals surface area contributed by atoms with E-state index in [0.29, 0.717) is 12.8 Å². The molecule has 3 N–H and O–H groups in total. The molecule has 0 heterocycles. The molecule has 1 aliphatic rings. The molecule has 1 saturated carbocycles. The summed E-state index contributed by atoms with van der Waals surface area (Å²) in [7, 11) is 0. The first-order chi connectivity index (χ1) is 9.97. The molecule has 1 fully saturated rings. The van der Waals surface area contributed by atoms with E-state index in [9.17, 15) is 18.0 Å². The molecule has 0 atom stereocenters. The van der Waals surface area contributed by atoms with Gasteiger partial charge in [0.25, 0.3) is 0 Å². The summed E-state index contributed by atoms with van der Waals surface area (Å²) in [5.74, 6) is -1.77. The molecule has 0 aromatic heterocycles. The minimum Gasteiger partial charge on any atom is -0.432 e. The van der Waals surface area contributed by atoms with Crippen molar-refractivity contribution in [1.29, 1.82) is 0 Å². The van der Waals surface area contributed by atoms with Crippen molar-refractivity contribution in [1.82, 2.24) is 0 Å². The Labute approximate surface area is 120 Å². The third kappa shape index (κ3) is 3.47. The average Bonchev–Trinajstić information content (AvgIpc) is 2.91. The summed E-state index contributed by atoms with van der Waals surface area (Å²) in [6.45, 7) is -2.87. The Bertz CT molecular complexity index is 517. The summed E-state index contributed by atoms with van der Waals surface area (Å²) in [5, 5.41) is 2.59. The van der Waals surface area contributed by atoms with Gasteiger partial charge in [-0.25, -0.2) is 4.39 Å². The van der Waals surface area contributed by atoms with Crippen molar-refractivity contribution in [3.63, 3.8) is 0 Å². The Morgan fingerprint density at radius 1 is 1.38 bits per heavy atom. The van der Waals surface area contributed by atoms with Gasteiger partial charge in [-0.1, -0.05) is 12.8 Å². The second-order valence-electron chi connectivity index (χ2n) is 5.17. The molecule has 0 bridgehead atoms. The van der Waals surface area contributed by atoms with Crippen LogP contribution in [0.25, 0.3) is 0 Å². The molecule has 21 heavy (non-hydrogen) atoms. The maximum atomic E-state index is 13.6. The highest BCUT2D eigenvalue weighted by molar-refractivity contribution is 5.95. The molecule has 0 radical (unpaired) electrons. The Kier molecular flexibility index (Phi) is 4.72. The van der Waals surface area contributed by atoms with Crippen molar-refractivity contribution < 1.29 is 22.7 Å². The van der Waals surface area contributed by atoms with Crippen LogP contribution in [0.4, 0.5) is 18.9 Å². The zero-order valence-electron chi connectivity index (χ0n) is 11.4. The maximum Gasteiger partial charge on any atom is 0.387 e.